The second kappa shape index (κ2) is 4.00. The molecular weight excluding hydrogens is 296 g/mol. The first kappa shape index (κ1) is 11.9. The number of amides is 1. The molecule has 1 saturated carbocycles. The maximum Gasteiger partial charge on any atom is 0.254 e. The van der Waals surface area contributed by atoms with Gasteiger partial charge in [-0.3, -0.25) is 4.79 Å². The fraction of sp³-hybridized carbons (Fsp3) is 0.364. The Morgan fingerprint density at radius 1 is 1.56 bits per heavy atom. The Morgan fingerprint density at radius 2 is 2.19 bits per heavy atom. The van der Waals surface area contributed by atoms with Crippen LogP contribution in [0.3, 0.4) is 0 Å². The topological polar surface area (TPSA) is 29.1 Å². The van der Waals surface area contributed by atoms with Crippen molar-refractivity contribution in [3.05, 3.63) is 33.0 Å². The van der Waals surface area contributed by atoms with Crippen LogP contribution in [0.1, 0.15) is 30.1 Å². The summed E-state index contributed by atoms with van der Waals surface area (Å²) in [6.45, 7) is 1.94. The van der Waals surface area contributed by atoms with E-state index in [0.29, 0.717) is 4.47 Å². The average molecular weight is 307 g/mol. The van der Waals surface area contributed by atoms with Crippen molar-refractivity contribution in [1.82, 2.24) is 5.32 Å². The van der Waals surface area contributed by atoms with Crippen molar-refractivity contribution >= 4 is 33.4 Å². The van der Waals surface area contributed by atoms with Crippen molar-refractivity contribution in [3.8, 4) is 0 Å². The van der Waals surface area contributed by atoms with Crippen molar-refractivity contribution in [2.24, 2.45) is 0 Å². The molecule has 0 radical (unpaired) electrons. The number of carbonyl (C=O) groups is 1. The highest BCUT2D eigenvalue weighted by Gasteiger charge is 2.39. The van der Waals surface area contributed by atoms with Gasteiger partial charge in [-0.15, -0.1) is 0 Å². The van der Waals surface area contributed by atoms with E-state index in [-0.39, 0.29) is 16.1 Å². The SMILES string of the molecule is CC1(NC(=O)c2cc(Br)c(Cl)cc2F)CC1. The minimum absolute atomic E-state index is 0.0180. The molecule has 0 bridgehead atoms. The Labute approximate surface area is 106 Å². The summed E-state index contributed by atoms with van der Waals surface area (Å²) in [4.78, 5) is 11.8. The van der Waals surface area contributed by atoms with E-state index in [1.54, 1.807) is 0 Å². The number of carbonyl (C=O) groups excluding carboxylic acids is 1. The van der Waals surface area contributed by atoms with Crippen LogP contribution in [0.4, 0.5) is 4.39 Å². The Bertz CT molecular complexity index is 460. The third-order valence-corrected chi connectivity index (χ3v) is 3.87. The van der Waals surface area contributed by atoms with Gasteiger partial charge in [0.15, 0.2) is 0 Å². The van der Waals surface area contributed by atoms with Gasteiger partial charge >= 0.3 is 0 Å². The summed E-state index contributed by atoms with van der Waals surface area (Å²) in [6, 6.07) is 2.54. The van der Waals surface area contributed by atoms with Crippen LogP contribution >= 0.6 is 27.5 Å². The molecule has 0 saturated heterocycles. The van der Waals surface area contributed by atoms with Gasteiger partial charge < -0.3 is 5.32 Å². The van der Waals surface area contributed by atoms with Crippen molar-refractivity contribution in [2.75, 3.05) is 0 Å². The molecule has 0 heterocycles. The number of rotatable bonds is 2. The molecule has 86 valence electrons. The lowest BCUT2D eigenvalue weighted by Gasteiger charge is -2.12. The smallest absolute Gasteiger partial charge is 0.254 e. The highest BCUT2D eigenvalue weighted by atomic mass is 79.9. The molecule has 16 heavy (non-hydrogen) atoms. The van der Waals surface area contributed by atoms with Crippen LogP contribution in [0.25, 0.3) is 0 Å². The Morgan fingerprint density at radius 3 is 2.75 bits per heavy atom. The first-order valence-electron chi connectivity index (χ1n) is 4.88. The first-order valence-corrected chi connectivity index (χ1v) is 6.05. The van der Waals surface area contributed by atoms with E-state index in [4.69, 9.17) is 11.6 Å². The van der Waals surface area contributed by atoms with Gasteiger partial charge in [-0.25, -0.2) is 4.39 Å². The summed E-state index contributed by atoms with van der Waals surface area (Å²) >= 11 is 8.88. The standard InChI is InChI=1S/C11H10BrClFNO/c1-11(2-3-11)15-10(16)6-4-7(12)8(13)5-9(6)14/h4-5H,2-3H2,1H3,(H,15,16). The van der Waals surface area contributed by atoms with Gasteiger partial charge in [0.1, 0.15) is 5.82 Å². The van der Waals surface area contributed by atoms with Crippen LogP contribution in [0.2, 0.25) is 5.02 Å². The molecule has 5 heteroatoms. The second-order valence-electron chi connectivity index (χ2n) is 4.26. The quantitative estimate of drug-likeness (QED) is 0.832. The molecule has 1 aromatic rings. The molecular formula is C11H10BrClFNO. The fourth-order valence-corrected chi connectivity index (χ4v) is 1.84. The molecule has 1 aliphatic rings. The van der Waals surface area contributed by atoms with Crippen LogP contribution in [-0.2, 0) is 0 Å². The largest absolute Gasteiger partial charge is 0.347 e. The molecule has 2 nitrogen and oxygen atoms in total. The van der Waals surface area contributed by atoms with Gasteiger partial charge in [-0.1, -0.05) is 11.6 Å². The van der Waals surface area contributed by atoms with E-state index in [9.17, 15) is 9.18 Å². The lowest BCUT2D eigenvalue weighted by molar-refractivity contribution is 0.0931. The summed E-state index contributed by atoms with van der Waals surface area (Å²) < 4.78 is 14.0. The molecule has 1 N–H and O–H groups in total. The zero-order chi connectivity index (χ0) is 11.9. The molecule has 1 aliphatic carbocycles. The van der Waals surface area contributed by atoms with Gasteiger partial charge in [0.25, 0.3) is 5.91 Å². The van der Waals surface area contributed by atoms with Gasteiger partial charge in [0.2, 0.25) is 0 Å². The fourth-order valence-electron chi connectivity index (χ4n) is 1.35. The summed E-state index contributed by atoms with van der Waals surface area (Å²) in [6.07, 6.45) is 1.88. The van der Waals surface area contributed by atoms with E-state index in [0.717, 1.165) is 18.9 Å². The lowest BCUT2D eigenvalue weighted by atomic mass is 10.2. The molecule has 1 aromatic carbocycles. The third kappa shape index (κ3) is 2.38. The minimum atomic E-state index is -0.602. The van der Waals surface area contributed by atoms with E-state index < -0.39 is 11.7 Å². The van der Waals surface area contributed by atoms with E-state index in [1.807, 2.05) is 6.92 Å². The Hall–Kier alpha value is -0.610. The van der Waals surface area contributed by atoms with Crippen molar-refractivity contribution < 1.29 is 9.18 Å². The summed E-state index contributed by atoms with van der Waals surface area (Å²) in [5.74, 6) is -0.996. The number of halogens is 3. The average Bonchev–Trinajstić information content (AvgIpc) is 2.89. The number of hydrogen-bond donors (Lipinski definition) is 1. The summed E-state index contributed by atoms with van der Waals surface area (Å²) in [5.41, 5.74) is -0.139. The number of hydrogen-bond acceptors (Lipinski definition) is 1. The van der Waals surface area contributed by atoms with Crippen LogP contribution in [0, 0.1) is 5.82 Å². The highest BCUT2D eigenvalue weighted by Crippen LogP contribution is 2.35. The summed E-state index contributed by atoms with van der Waals surface area (Å²) in [5, 5.41) is 3.05. The van der Waals surface area contributed by atoms with Crippen molar-refractivity contribution in [2.45, 2.75) is 25.3 Å². The zero-order valence-electron chi connectivity index (χ0n) is 8.61. The van der Waals surface area contributed by atoms with E-state index >= 15 is 0 Å². The monoisotopic (exact) mass is 305 g/mol. The second-order valence-corrected chi connectivity index (χ2v) is 5.52. The highest BCUT2D eigenvalue weighted by molar-refractivity contribution is 9.10. The normalized spacial score (nSPS) is 17.0. The first-order chi connectivity index (χ1) is 7.41. The molecule has 0 unspecified atom stereocenters. The van der Waals surface area contributed by atoms with E-state index in [1.165, 1.54) is 6.07 Å². The van der Waals surface area contributed by atoms with Crippen LogP contribution in [0.5, 0.6) is 0 Å². The summed E-state index contributed by atoms with van der Waals surface area (Å²) in [7, 11) is 0. The number of nitrogens with one attached hydrogen (secondary N) is 1. The predicted octanol–water partition coefficient (Wildman–Crippen LogP) is 3.52. The molecule has 0 atom stereocenters. The zero-order valence-corrected chi connectivity index (χ0v) is 11.0. The Balaban J connectivity index is 2.26. The molecule has 1 amide bonds. The minimum Gasteiger partial charge on any atom is -0.347 e. The van der Waals surface area contributed by atoms with E-state index in [2.05, 4.69) is 21.2 Å². The van der Waals surface area contributed by atoms with Gasteiger partial charge in [-0.2, -0.15) is 0 Å². The van der Waals surface area contributed by atoms with Crippen molar-refractivity contribution in [3.63, 3.8) is 0 Å². The van der Waals surface area contributed by atoms with Crippen LogP contribution < -0.4 is 5.32 Å². The Kier molecular flexibility index (Phi) is 2.97. The van der Waals surface area contributed by atoms with Gasteiger partial charge in [0.05, 0.1) is 10.6 Å². The number of benzene rings is 1. The molecule has 0 spiro atoms. The van der Waals surface area contributed by atoms with Crippen LogP contribution in [0.15, 0.2) is 16.6 Å². The maximum absolute atomic E-state index is 13.5. The van der Waals surface area contributed by atoms with Gasteiger partial charge in [0, 0.05) is 10.0 Å². The van der Waals surface area contributed by atoms with Crippen LogP contribution in [-0.4, -0.2) is 11.4 Å². The predicted molar refractivity (Wildman–Crippen MR) is 64.2 cm³/mol. The maximum atomic E-state index is 13.5. The molecule has 0 aliphatic heterocycles. The van der Waals surface area contributed by atoms with Crippen molar-refractivity contribution in [1.29, 1.82) is 0 Å². The molecule has 0 aromatic heterocycles. The molecule has 1 fully saturated rings. The lowest BCUT2D eigenvalue weighted by Crippen LogP contribution is -2.34. The third-order valence-electron chi connectivity index (χ3n) is 2.67. The molecule has 2 rings (SSSR count). The van der Waals surface area contributed by atoms with Gasteiger partial charge in [-0.05, 0) is 47.8 Å².